The van der Waals surface area contributed by atoms with E-state index in [4.69, 9.17) is 4.42 Å². The molecule has 0 aliphatic rings. The van der Waals surface area contributed by atoms with Gasteiger partial charge in [-0.25, -0.2) is 4.79 Å². The summed E-state index contributed by atoms with van der Waals surface area (Å²) in [6.07, 6.45) is 0.0816. The molecule has 1 heterocycles. The maximum atomic E-state index is 13.1. The first-order valence-corrected chi connectivity index (χ1v) is 10.7. The summed E-state index contributed by atoms with van der Waals surface area (Å²) in [5, 5.41) is 15.7. The van der Waals surface area contributed by atoms with Gasteiger partial charge in [0.25, 0.3) is 0 Å². The Labute approximate surface area is 189 Å². The van der Waals surface area contributed by atoms with Crippen LogP contribution in [-0.4, -0.2) is 15.6 Å². The molecular weight excluding hydrogens is 416 g/mol. The molecule has 2 N–H and O–H groups in total. The van der Waals surface area contributed by atoms with E-state index in [1.54, 1.807) is 24.3 Å². The molecule has 5 rings (SSSR count). The number of hydrogen-bond donors (Lipinski definition) is 2. The number of phenolic OH excluding ortho intramolecular Hbond substituents is 1. The lowest BCUT2D eigenvalue weighted by Gasteiger charge is -2.22. The lowest BCUT2D eigenvalue weighted by Crippen LogP contribution is -2.31. The first kappa shape index (κ1) is 20.6. The Morgan fingerprint density at radius 3 is 2.48 bits per heavy atom. The van der Waals surface area contributed by atoms with Gasteiger partial charge in [-0.15, -0.1) is 0 Å². The molecule has 0 bridgehead atoms. The number of benzene rings is 4. The highest BCUT2D eigenvalue weighted by Gasteiger charge is 2.22. The van der Waals surface area contributed by atoms with E-state index < -0.39 is 11.8 Å². The highest BCUT2D eigenvalue weighted by atomic mass is 16.4. The normalized spacial score (nSPS) is 12.1. The molecule has 1 amide bonds. The minimum atomic E-state index is -0.553. The quantitative estimate of drug-likeness (QED) is 0.401. The van der Waals surface area contributed by atoms with Crippen LogP contribution >= 0.6 is 0 Å². The number of rotatable bonds is 6. The highest BCUT2D eigenvalue weighted by molar-refractivity contribution is 5.89. The molecule has 0 radical (unpaired) electrons. The second kappa shape index (κ2) is 8.67. The Morgan fingerprint density at radius 2 is 1.64 bits per heavy atom. The van der Waals surface area contributed by atoms with Crippen molar-refractivity contribution < 1.29 is 14.3 Å². The monoisotopic (exact) mass is 438 g/mol. The summed E-state index contributed by atoms with van der Waals surface area (Å²) in [6, 6.07) is 27.4. The molecule has 5 aromatic rings. The van der Waals surface area contributed by atoms with E-state index in [0.29, 0.717) is 16.7 Å². The minimum absolute atomic E-state index is 0.0816. The van der Waals surface area contributed by atoms with E-state index in [1.165, 1.54) is 4.57 Å². The van der Waals surface area contributed by atoms with Gasteiger partial charge in [0.1, 0.15) is 5.75 Å². The number of aryl methyl sites for hydroxylation is 1. The largest absolute Gasteiger partial charge is 0.508 e. The number of fused-ring (bicyclic) bond motifs is 2. The number of hydrogen-bond acceptors (Lipinski definition) is 4. The SMILES string of the molecule is O=C(CCn1c(=O)oc2ccccc21)NC(c1ccccc1)c1c(O)ccc2ccccc12. The number of aromatic hydroxyl groups is 1. The topological polar surface area (TPSA) is 84.5 Å². The zero-order valence-electron chi connectivity index (χ0n) is 17.8. The Bertz CT molecular complexity index is 1500. The third kappa shape index (κ3) is 3.99. The van der Waals surface area contributed by atoms with Crippen molar-refractivity contribution in [2.45, 2.75) is 19.0 Å². The van der Waals surface area contributed by atoms with Gasteiger partial charge in [0.15, 0.2) is 5.58 Å². The molecule has 1 aromatic heterocycles. The van der Waals surface area contributed by atoms with Crippen LogP contribution in [0.3, 0.4) is 0 Å². The molecule has 0 saturated heterocycles. The second-order valence-electron chi connectivity index (χ2n) is 7.87. The molecule has 0 spiro atoms. The van der Waals surface area contributed by atoms with E-state index in [-0.39, 0.29) is 24.6 Å². The number of nitrogens with one attached hydrogen (secondary N) is 1. The number of carbonyl (C=O) groups excluding carboxylic acids is 1. The summed E-state index contributed by atoms with van der Waals surface area (Å²) in [4.78, 5) is 25.3. The fourth-order valence-electron chi connectivity index (χ4n) is 4.23. The number of oxazole rings is 1. The van der Waals surface area contributed by atoms with Crippen LogP contribution in [0.1, 0.15) is 23.6 Å². The molecule has 0 aliphatic carbocycles. The summed E-state index contributed by atoms with van der Waals surface area (Å²) in [7, 11) is 0. The molecule has 1 atom stereocenters. The van der Waals surface area contributed by atoms with Crippen LogP contribution in [0.15, 0.2) is 100 Å². The molecular formula is C27H22N2O4. The number of amides is 1. The Balaban J connectivity index is 1.47. The molecule has 4 aromatic carbocycles. The van der Waals surface area contributed by atoms with Crippen LogP contribution < -0.4 is 11.1 Å². The average molecular weight is 438 g/mol. The third-order valence-electron chi connectivity index (χ3n) is 5.81. The van der Waals surface area contributed by atoms with Crippen molar-refractivity contribution in [3.63, 3.8) is 0 Å². The van der Waals surface area contributed by atoms with E-state index >= 15 is 0 Å². The van der Waals surface area contributed by atoms with Crippen molar-refractivity contribution in [3.8, 4) is 5.75 Å². The van der Waals surface area contributed by atoms with Crippen LogP contribution in [0.2, 0.25) is 0 Å². The molecule has 0 aliphatic heterocycles. The zero-order valence-corrected chi connectivity index (χ0v) is 17.8. The molecule has 0 fully saturated rings. The predicted molar refractivity (Wildman–Crippen MR) is 127 cm³/mol. The van der Waals surface area contributed by atoms with Gasteiger partial charge in [0.05, 0.1) is 11.6 Å². The van der Waals surface area contributed by atoms with Crippen molar-refractivity contribution >= 4 is 27.8 Å². The molecule has 0 saturated carbocycles. The Kier molecular flexibility index (Phi) is 5.40. The van der Waals surface area contributed by atoms with Gasteiger partial charge in [-0.1, -0.05) is 72.8 Å². The van der Waals surface area contributed by atoms with Crippen LogP contribution in [0.4, 0.5) is 0 Å². The lowest BCUT2D eigenvalue weighted by molar-refractivity contribution is -0.121. The highest BCUT2D eigenvalue weighted by Crippen LogP contribution is 2.35. The lowest BCUT2D eigenvalue weighted by atomic mass is 9.92. The van der Waals surface area contributed by atoms with Gasteiger partial charge in [0, 0.05) is 18.5 Å². The number of carbonyl (C=O) groups is 1. The van der Waals surface area contributed by atoms with Gasteiger partial charge >= 0.3 is 5.76 Å². The van der Waals surface area contributed by atoms with Crippen molar-refractivity contribution in [2.75, 3.05) is 0 Å². The maximum Gasteiger partial charge on any atom is 0.419 e. The summed E-state index contributed by atoms with van der Waals surface area (Å²) in [6.45, 7) is 0.185. The predicted octanol–water partition coefficient (Wildman–Crippen LogP) is 4.75. The zero-order chi connectivity index (χ0) is 22.8. The summed E-state index contributed by atoms with van der Waals surface area (Å²) in [5.41, 5.74) is 2.63. The van der Waals surface area contributed by atoms with Gasteiger partial charge in [-0.3, -0.25) is 9.36 Å². The van der Waals surface area contributed by atoms with Gasteiger partial charge in [0.2, 0.25) is 5.91 Å². The van der Waals surface area contributed by atoms with Crippen LogP contribution in [-0.2, 0) is 11.3 Å². The summed E-state index contributed by atoms with van der Waals surface area (Å²) in [5.74, 6) is -0.622. The Hall–Kier alpha value is -4.32. The molecule has 6 nitrogen and oxygen atoms in total. The van der Waals surface area contributed by atoms with Gasteiger partial charge < -0.3 is 14.8 Å². The molecule has 33 heavy (non-hydrogen) atoms. The number of para-hydroxylation sites is 2. The Morgan fingerprint density at radius 1 is 0.909 bits per heavy atom. The third-order valence-corrected chi connectivity index (χ3v) is 5.81. The van der Waals surface area contributed by atoms with Crippen molar-refractivity contribution in [3.05, 3.63) is 113 Å². The van der Waals surface area contributed by atoms with Crippen LogP contribution in [0.5, 0.6) is 5.75 Å². The minimum Gasteiger partial charge on any atom is -0.508 e. The molecule has 1 unspecified atom stereocenters. The van der Waals surface area contributed by atoms with Crippen molar-refractivity contribution in [2.24, 2.45) is 0 Å². The van der Waals surface area contributed by atoms with E-state index in [9.17, 15) is 14.7 Å². The van der Waals surface area contributed by atoms with Crippen LogP contribution in [0, 0.1) is 0 Å². The number of aromatic nitrogens is 1. The van der Waals surface area contributed by atoms with Gasteiger partial charge in [-0.05, 0) is 34.5 Å². The number of phenols is 1. The van der Waals surface area contributed by atoms with Gasteiger partial charge in [-0.2, -0.15) is 0 Å². The number of nitrogens with zero attached hydrogens (tertiary/aromatic N) is 1. The van der Waals surface area contributed by atoms with Crippen LogP contribution in [0.25, 0.3) is 21.9 Å². The van der Waals surface area contributed by atoms with E-state index in [0.717, 1.165) is 16.3 Å². The fraction of sp³-hybridized carbons (Fsp3) is 0.111. The van der Waals surface area contributed by atoms with E-state index in [1.807, 2.05) is 66.7 Å². The standard InChI is InChI=1S/C27H22N2O4/c30-22-15-14-18-8-4-5-11-20(18)25(22)26(19-9-2-1-3-10-19)28-24(31)16-17-29-21-12-6-7-13-23(21)33-27(29)32/h1-15,26,30H,16-17H2,(H,28,31). The van der Waals surface area contributed by atoms with Crippen molar-refractivity contribution in [1.82, 2.24) is 9.88 Å². The fourth-order valence-corrected chi connectivity index (χ4v) is 4.23. The first-order chi connectivity index (χ1) is 16.1. The maximum absolute atomic E-state index is 13.1. The molecule has 164 valence electrons. The smallest absolute Gasteiger partial charge is 0.419 e. The second-order valence-corrected chi connectivity index (χ2v) is 7.87. The summed E-state index contributed by atoms with van der Waals surface area (Å²) >= 11 is 0. The molecule has 6 heteroatoms. The van der Waals surface area contributed by atoms with E-state index in [2.05, 4.69) is 5.32 Å². The first-order valence-electron chi connectivity index (χ1n) is 10.7. The average Bonchev–Trinajstić information content (AvgIpc) is 3.17. The summed E-state index contributed by atoms with van der Waals surface area (Å²) < 4.78 is 6.72. The van der Waals surface area contributed by atoms with Crippen molar-refractivity contribution in [1.29, 1.82) is 0 Å².